The number of carboxylic acids is 1. The summed E-state index contributed by atoms with van der Waals surface area (Å²) in [5.41, 5.74) is 4.66. The zero-order valence-corrected chi connectivity index (χ0v) is 18.3. The van der Waals surface area contributed by atoms with E-state index in [1.54, 1.807) is 24.3 Å². The van der Waals surface area contributed by atoms with Gasteiger partial charge in [-0.25, -0.2) is 4.79 Å². The number of methoxy groups -OCH3 is 1. The van der Waals surface area contributed by atoms with Gasteiger partial charge in [0, 0.05) is 17.9 Å². The van der Waals surface area contributed by atoms with E-state index in [0.29, 0.717) is 23.7 Å². The van der Waals surface area contributed by atoms with Gasteiger partial charge in [-0.05, 0) is 61.4 Å². The summed E-state index contributed by atoms with van der Waals surface area (Å²) >= 11 is 0. The maximum Gasteiger partial charge on any atom is 0.335 e. The number of carbonyl (C=O) groups excluding carboxylic acids is 1. The van der Waals surface area contributed by atoms with E-state index in [2.05, 4.69) is 10.6 Å². The Bertz CT molecular complexity index is 1110. The minimum absolute atomic E-state index is 0.150. The molecule has 7 heteroatoms. The maximum atomic E-state index is 12.2. The minimum atomic E-state index is -0.970. The molecule has 3 N–H and O–H groups in total. The Morgan fingerprint density at radius 1 is 0.938 bits per heavy atom. The molecule has 0 aliphatic heterocycles. The maximum absolute atomic E-state index is 12.2. The molecule has 3 aromatic rings. The van der Waals surface area contributed by atoms with E-state index >= 15 is 0 Å². The van der Waals surface area contributed by atoms with Crippen LogP contribution in [-0.4, -0.2) is 30.7 Å². The number of hydrogen-bond donors (Lipinski definition) is 3. The molecule has 1 amide bonds. The summed E-state index contributed by atoms with van der Waals surface area (Å²) in [4.78, 5) is 23.4. The van der Waals surface area contributed by atoms with Crippen molar-refractivity contribution in [3.05, 3.63) is 82.9 Å². The van der Waals surface area contributed by atoms with E-state index in [1.165, 1.54) is 7.11 Å². The van der Waals surface area contributed by atoms with Gasteiger partial charge >= 0.3 is 5.97 Å². The number of ether oxygens (including phenoxy) is 2. The van der Waals surface area contributed by atoms with E-state index < -0.39 is 5.97 Å². The van der Waals surface area contributed by atoms with Crippen molar-refractivity contribution in [1.82, 2.24) is 0 Å². The summed E-state index contributed by atoms with van der Waals surface area (Å²) in [6.45, 7) is 4.21. The molecule has 0 atom stereocenters. The van der Waals surface area contributed by atoms with Crippen LogP contribution in [-0.2, 0) is 11.3 Å². The van der Waals surface area contributed by atoms with E-state index in [4.69, 9.17) is 9.47 Å². The molecule has 0 bridgehead atoms. The number of amides is 1. The Kier molecular flexibility index (Phi) is 7.33. The van der Waals surface area contributed by atoms with Gasteiger partial charge in [-0.2, -0.15) is 0 Å². The third-order valence-electron chi connectivity index (χ3n) is 4.89. The van der Waals surface area contributed by atoms with Crippen LogP contribution in [0.2, 0.25) is 0 Å². The summed E-state index contributed by atoms with van der Waals surface area (Å²) in [5, 5.41) is 15.2. The molecule has 0 aliphatic carbocycles. The highest BCUT2D eigenvalue weighted by molar-refractivity contribution is 5.92. The van der Waals surface area contributed by atoms with Crippen molar-refractivity contribution in [3.63, 3.8) is 0 Å². The second-order valence-corrected chi connectivity index (χ2v) is 7.38. The van der Waals surface area contributed by atoms with Gasteiger partial charge in [-0.1, -0.05) is 29.8 Å². The summed E-state index contributed by atoms with van der Waals surface area (Å²) in [7, 11) is 1.53. The number of rotatable bonds is 9. The Morgan fingerprint density at radius 2 is 1.69 bits per heavy atom. The standard InChI is InChI=1S/C25H26N2O5/c1-16-4-9-20(10-5-16)27-24(28)15-32-22-11-7-18(12-23(22)31-3)14-26-21-13-19(25(29)30)8-6-17(21)2/h4-13,26H,14-15H2,1-3H3,(H,27,28)(H,29,30). The number of aryl methyl sites for hydroxylation is 2. The smallest absolute Gasteiger partial charge is 0.335 e. The molecule has 0 heterocycles. The molecular formula is C25H26N2O5. The first-order valence-electron chi connectivity index (χ1n) is 10.1. The molecular weight excluding hydrogens is 408 g/mol. The molecule has 32 heavy (non-hydrogen) atoms. The highest BCUT2D eigenvalue weighted by atomic mass is 16.5. The van der Waals surface area contributed by atoms with E-state index in [9.17, 15) is 14.7 Å². The fourth-order valence-corrected chi connectivity index (χ4v) is 3.06. The van der Waals surface area contributed by atoms with Crippen molar-refractivity contribution in [1.29, 1.82) is 0 Å². The Morgan fingerprint density at radius 3 is 2.38 bits per heavy atom. The number of anilines is 2. The van der Waals surface area contributed by atoms with Crippen LogP contribution in [0.1, 0.15) is 27.0 Å². The molecule has 0 aromatic heterocycles. The van der Waals surface area contributed by atoms with Crippen LogP contribution >= 0.6 is 0 Å². The van der Waals surface area contributed by atoms with Gasteiger partial charge in [0.2, 0.25) is 0 Å². The van der Waals surface area contributed by atoms with Gasteiger partial charge in [-0.15, -0.1) is 0 Å². The predicted molar refractivity (Wildman–Crippen MR) is 124 cm³/mol. The molecule has 0 saturated heterocycles. The number of carbonyl (C=O) groups is 2. The molecule has 0 radical (unpaired) electrons. The lowest BCUT2D eigenvalue weighted by atomic mass is 10.1. The Labute approximate surface area is 187 Å². The molecule has 0 spiro atoms. The van der Waals surface area contributed by atoms with Gasteiger partial charge in [0.05, 0.1) is 12.7 Å². The number of nitrogens with one attached hydrogen (secondary N) is 2. The number of benzene rings is 3. The topological polar surface area (TPSA) is 96.9 Å². The molecule has 0 aliphatic rings. The second-order valence-electron chi connectivity index (χ2n) is 7.38. The van der Waals surface area contributed by atoms with Crippen molar-refractivity contribution < 1.29 is 24.2 Å². The van der Waals surface area contributed by atoms with Crippen LogP contribution in [0, 0.1) is 13.8 Å². The third kappa shape index (κ3) is 6.01. The lowest BCUT2D eigenvalue weighted by Gasteiger charge is -2.14. The molecule has 0 saturated carbocycles. The highest BCUT2D eigenvalue weighted by Gasteiger charge is 2.10. The number of carboxylic acid groups (broad SMARTS) is 1. The van der Waals surface area contributed by atoms with Crippen molar-refractivity contribution in [2.45, 2.75) is 20.4 Å². The van der Waals surface area contributed by atoms with Gasteiger partial charge in [0.25, 0.3) is 5.91 Å². The quantitative estimate of drug-likeness (QED) is 0.454. The van der Waals surface area contributed by atoms with Crippen LogP contribution < -0.4 is 20.1 Å². The average Bonchev–Trinajstić information content (AvgIpc) is 2.78. The van der Waals surface area contributed by atoms with Crippen molar-refractivity contribution in [2.24, 2.45) is 0 Å². The summed E-state index contributed by atoms with van der Waals surface area (Å²) < 4.78 is 11.1. The first kappa shape index (κ1) is 22.7. The second kappa shape index (κ2) is 10.3. The van der Waals surface area contributed by atoms with Crippen LogP contribution in [0.3, 0.4) is 0 Å². The Hall–Kier alpha value is -4.00. The zero-order chi connectivity index (χ0) is 23.1. The number of aromatic carboxylic acids is 1. The fraction of sp³-hybridized carbons (Fsp3) is 0.200. The van der Waals surface area contributed by atoms with Gasteiger partial charge in [-0.3, -0.25) is 4.79 Å². The first-order valence-corrected chi connectivity index (χ1v) is 10.1. The lowest BCUT2D eigenvalue weighted by molar-refractivity contribution is -0.118. The van der Waals surface area contributed by atoms with Gasteiger partial charge in [0.1, 0.15) is 0 Å². The Balaban J connectivity index is 1.60. The monoisotopic (exact) mass is 434 g/mol. The normalized spacial score (nSPS) is 10.3. The number of hydrogen-bond acceptors (Lipinski definition) is 5. The minimum Gasteiger partial charge on any atom is -0.493 e. The first-order chi connectivity index (χ1) is 15.4. The van der Waals surface area contributed by atoms with E-state index in [1.807, 2.05) is 50.2 Å². The van der Waals surface area contributed by atoms with Crippen LogP contribution in [0.4, 0.5) is 11.4 Å². The summed E-state index contributed by atoms with van der Waals surface area (Å²) in [5.74, 6) is -0.277. The lowest BCUT2D eigenvalue weighted by Crippen LogP contribution is -2.20. The summed E-state index contributed by atoms with van der Waals surface area (Å²) in [6, 6.07) is 17.9. The fourth-order valence-electron chi connectivity index (χ4n) is 3.06. The van der Waals surface area contributed by atoms with Crippen LogP contribution in [0.15, 0.2) is 60.7 Å². The van der Waals surface area contributed by atoms with E-state index in [0.717, 1.165) is 22.4 Å². The van der Waals surface area contributed by atoms with Gasteiger partial charge in [0.15, 0.2) is 18.1 Å². The predicted octanol–water partition coefficient (Wildman–Crippen LogP) is 4.64. The third-order valence-corrected chi connectivity index (χ3v) is 4.89. The molecule has 0 fully saturated rings. The average molecular weight is 434 g/mol. The van der Waals surface area contributed by atoms with Gasteiger partial charge < -0.3 is 25.2 Å². The van der Waals surface area contributed by atoms with E-state index in [-0.39, 0.29) is 18.1 Å². The summed E-state index contributed by atoms with van der Waals surface area (Å²) in [6.07, 6.45) is 0. The SMILES string of the molecule is COc1cc(CNc2cc(C(=O)O)ccc2C)ccc1OCC(=O)Nc1ccc(C)cc1. The van der Waals surface area contributed by atoms with Crippen LogP contribution in [0.5, 0.6) is 11.5 Å². The van der Waals surface area contributed by atoms with Crippen molar-refractivity contribution in [2.75, 3.05) is 24.4 Å². The molecule has 166 valence electrons. The zero-order valence-electron chi connectivity index (χ0n) is 18.3. The molecule has 7 nitrogen and oxygen atoms in total. The molecule has 3 aromatic carbocycles. The van der Waals surface area contributed by atoms with Crippen molar-refractivity contribution >= 4 is 23.3 Å². The molecule has 0 unspecified atom stereocenters. The van der Waals surface area contributed by atoms with Crippen molar-refractivity contribution in [3.8, 4) is 11.5 Å². The largest absolute Gasteiger partial charge is 0.493 e. The highest BCUT2D eigenvalue weighted by Crippen LogP contribution is 2.29. The molecule has 3 rings (SSSR count). The van der Waals surface area contributed by atoms with Crippen LogP contribution in [0.25, 0.3) is 0 Å².